The highest BCUT2D eigenvalue weighted by molar-refractivity contribution is 7.90. The van der Waals surface area contributed by atoms with E-state index in [1.165, 1.54) is 32.3 Å². The Labute approximate surface area is 248 Å². The molecule has 1 aliphatic rings. The smallest absolute Gasteiger partial charge is 0.280 e. The second-order valence-corrected chi connectivity index (χ2v) is 12.1. The molecule has 1 atom stereocenters. The summed E-state index contributed by atoms with van der Waals surface area (Å²) in [7, 11) is 1.78. The summed E-state index contributed by atoms with van der Waals surface area (Å²) in [4.78, 5) is 1.25. The molecule has 5 aromatic rings. The van der Waals surface area contributed by atoms with Gasteiger partial charge < -0.3 is 4.74 Å². The van der Waals surface area contributed by atoms with Gasteiger partial charge in [-0.1, -0.05) is 143 Å². The lowest BCUT2D eigenvalue weighted by Crippen LogP contribution is -2.74. The maximum Gasteiger partial charge on any atom is 0.280 e. The SMILES string of the molecule is CO[S+](c1ccc(C)cc1)N1CCOCC1.c1ccc([B-](c2ccccc2)(c2ccccc2)c2ccccc2)cc1. The second-order valence-electron chi connectivity index (χ2n) is 10.3. The van der Waals surface area contributed by atoms with Gasteiger partial charge in [-0.15, -0.1) is 0 Å². The van der Waals surface area contributed by atoms with Crippen molar-refractivity contribution in [3.05, 3.63) is 151 Å². The molecule has 5 heteroatoms. The first-order valence-electron chi connectivity index (χ1n) is 14.3. The molecule has 0 aliphatic carbocycles. The molecule has 5 aromatic carbocycles. The van der Waals surface area contributed by atoms with E-state index in [9.17, 15) is 0 Å². The first-order chi connectivity index (χ1) is 20.2. The monoisotopic (exact) mass is 559 g/mol. The molecule has 6 rings (SSSR count). The summed E-state index contributed by atoms with van der Waals surface area (Å²) in [6.45, 7) is 5.61. The zero-order valence-electron chi connectivity index (χ0n) is 23.9. The van der Waals surface area contributed by atoms with E-state index in [4.69, 9.17) is 8.92 Å². The van der Waals surface area contributed by atoms with E-state index >= 15 is 0 Å². The third kappa shape index (κ3) is 6.66. The van der Waals surface area contributed by atoms with Crippen LogP contribution in [0.2, 0.25) is 0 Å². The minimum Gasteiger partial charge on any atom is -0.378 e. The molecule has 0 amide bonds. The molecule has 1 heterocycles. The molecule has 0 aromatic heterocycles. The summed E-state index contributed by atoms with van der Waals surface area (Å²) in [5, 5.41) is 0. The number of nitrogens with zero attached hydrogens (tertiary/aromatic N) is 1. The Hall–Kier alpha value is -3.61. The zero-order chi connectivity index (χ0) is 28.3. The van der Waals surface area contributed by atoms with Crippen LogP contribution in [0.15, 0.2) is 150 Å². The molecule has 0 radical (unpaired) electrons. The fraction of sp³-hybridized carbons (Fsp3) is 0.167. The van der Waals surface area contributed by atoms with Crippen molar-refractivity contribution in [3.8, 4) is 0 Å². The van der Waals surface area contributed by atoms with E-state index in [2.05, 4.69) is 157 Å². The molecule has 3 nitrogen and oxygen atoms in total. The lowest BCUT2D eigenvalue weighted by molar-refractivity contribution is 0.0725. The molecular formula is C36H38BNO2S. The fourth-order valence-corrected chi connectivity index (χ4v) is 7.39. The summed E-state index contributed by atoms with van der Waals surface area (Å²) < 4.78 is 13.3. The summed E-state index contributed by atoms with van der Waals surface area (Å²) in [5.41, 5.74) is 6.64. The summed E-state index contributed by atoms with van der Waals surface area (Å²) in [6.07, 6.45) is -1.22. The van der Waals surface area contributed by atoms with Gasteiger partial charge in [0.2, 0.25) is 4.90 Å². The van der Waals surface area contributed by atoms with Crippen molar-refractivity contribution < 1.29 is 8.92 Å². The summed E-state index contributed by atoms with van der Waals surface area (Å²) in [5.74, 6) is 0. The van der Waals surface area contributed by atoms with Crippen molar-refractivity contribution in [2.45, 2.75) is 11.8 Å². The van der Waals surface area contributed by atoms with Gasteiger partial charge in [0.15, 0.2) is 0 Å². The highest BCUT2D eigenvalue weighted by atomic mass is 32.2. The molecule has 0 bridgehead atoms. The van der Waals surface area contributed by atoms with Crippen LogP contribution in [-0.2, 0) is 20.3 Å². The molecule has 1 unspecified atom stereocenters. The van der Waals surface area contributed by atoms with E-state index in [1.54, 1.807) is 7.11 Å². The Bertz CT molecular complexity index is 1280. The van der Waals surface area contributed by atoms with Crippen LogP contribution in [0, 0.1) is 6.92 Å². The van der Waals surface area contributed by atoms with Crippen LogP contribution in [-0.4, -0.2) is 43.9 Å². The maximum absolute atomic E-state index is 5.61. The third-order valence-electron chi connectivity index (χ3n) is 7.78. The van der Waals surface area contributed by atoms with Crippen molar-refractivity contribution in [3.63, 3.8) is 0 Å². The molecule has 1 aliphatic heterocycles. The standard InChI is InChI=1S/C24H20B.C12H18NO2S/c1-5-13-21(14-6-1)25(22-15-7-2-8-16-22,23-17-9-3-10-18-23)24-19-11-4-12-20-24;1-11-3-5-12(6-4-11)16(14-2)13-7-9-15-10-8-13/h1-20H;3-6H,7-10H2,1-2H3/q-1;+1. The Morgan fingerprint density at radius 1 is 0.561 bits per heavy atom. The van der Waals surface area contributed by atoms with Crippen molar-refractivity contribution in [1.82, 2.24) is 4.31 Å². The highest BCUT2D eigenvalue weighted by Crippen LogP contribution is 2.20. The van der Waals surface area contributed by atoms with Crippen molar-refractivity contribution in [1.29, 1.82) is 0 Å². The number of morpholine rings is 1. The average Bonchev–Trinajstić information content (AvgIpc) is 3.06. The van der Waals surface area contributed by atoms with Crippen LogP contribution in [0.1, 0.15) is 5.56 Å². The molecule has 41 heavy (non-hydrogen) atoms. The van der Waals surface area contributed by atoms with Gasteiger partial charge in [-0.2, -0.15) is 26.0 Å². The van der Waals surface area contributed by atoms with Crippen LogP contribution >= 0.6 is 0 Å². The molecule has 0 N–H and O–H groups in total. The van der Waals surface area contributed by atoms with Gasteiger partial charge >= 0.3 is 0 Å². The molecule has 1 fully saturated rings. The number of aryl methyl sites for hydroxylation is 1. The highest BCUT2D eigenvalue weighted by Gasteiger charge is 2.34. The Balaban J connectivity index is 0.000000182. The van der Waals surface area contributed by atoms with Gasteiger partial charge in [-0.05, 0) is 19.1 Å². The Morgan fingerprint density at radius 3 is 1.27 bits per heavy atom. The van der Waals surface area contributed by atoms with E-state index in [1.807, 2.05) is 0 Å². The van der Waals surface area contributed by atoms with Crippen molar-refractivity contribution >= 4 is 39.4 Å². The van der Waals surface area contributed by atoms with Crippen LogP contribution in [0.4, 0.5) is 0 Å². The van der Waals surface area contributed by atoms with E-state index in [-0.39, 0.29) is 11.4 Å². The van der Waals surface area contributed by atoms with Crippen LogP contribution in [0.5, 0.6) is 0 Å². The Morgan fingerprint density at radius 2 is 0.927 bits per heavy atom. The van der Waals surface area contributed by atoms with Crippen molar-refractivity contribution in [2.24, 2.45) is 0 Å². The lowest BCUT2D eigenvalue weighted by atomic mass is 9.13. The predicted molar refractivity (Wildman–Crippen MR) is 176 cm³/mol. The summed E-state index contributed by atoms with van der Waals surface area (Å²) in [6, 6.07) is 52.1. The van der Waals surface area contributed by atoms with Gasteiger partial charge in [-0.3, -0.25) is 0 Å². The zero-order valence-corrected chi connectivity index (χ0v) is 24.8. The minimum atomic E-state index is -1.22. The van der Waals surface area contributed by atoms with E-state index < -0.39 is 6.15 Å². The van der Waals surface area contributed by atoms with Gasteiger partial charge in [0.25, 0.3) is 11.4 Å². The maximum atomic E-state index is 5.61. The van der Waals surface area contributed by atoms with Crippen LogP contribution in [0.25, 0.3) is 0 Å². The Kier molecular flexibility index (Phi) is 10.1. The largest absolute Gasteiger partial charge is 0.378 e. The summed E-state index contributed by atoms with van der Waals surface area (Å²) >= 11 is -0.236. The number of ether oxygens (including phenoxy) is 1. The quantitative estimate of drug-likeness (QED) is 0.210. The van der Waals surface area contributed by atoms with E-state index in [0.717, 1.165) is 26.3 Å². The molecule has 1 saturated heterocycles. The number of hydrogen-bond acceptors (Lipinski definition) is 3. The predicted octanol–water partition coefficient (Wildman–Crippen LogP) is 4.84. The molecular weight excluding hydrogens is 521 g/mol. The van der Waals surface area contributed by atoms with Crippen molar-refractivity contribution in [2.75, 3.05) is 33.4 Å². The van der Waals surface area contributed by atoms with Gasteiger partial charge in [0.1, 0.15) is 6.15 Å². The van der Waals surface area contributed by atoms with Gasteiger partial charge in [0.05, 0.1) is 33.4 Å². The first-order valence-corrected chi connectivity index (χ1v) is 15.4. The minimum absolute atomic E-state index is 0.236. The number of rotatable bonds is 7. The third-order valence-corrected chi connectivity index (χ3v) is 9.61. The average molecular weight is 560 g/mol. The van der Waals surface area contributed by atoms with E-state index in [0.29, 0.717) is 0 Å². The normalized spacial score (nSPS) is 14.5. The van der Waals surface area contributed by atoms with Gasteiger partial charge in [0, 0.05) is 0 Å². The lowest BCUT2D eigenvalue weighted by Gasteiger charge is -2.44. The molecule has 0 saturated carbocycles. The first kappa shape index (κ1) is 28.9. The van der Waals surface area contributed by atoms with Gasteiger partial charge in [-0.25, -0.2) is 0 Å². The van der Waals surface area contributed by atoms with Crippen LogP contribution < -0.4 is 21.9 Å². The molecule has 0 spiro atoms. The van der Waals surface area contributed by atoms with Crippen LogP contribution in [0.3, 0.4) is 0 Å². The fourth-order valence-electron chi connectivity index (χ4n) is 5.84. The topological polar surface area (TPSA) is 21.7 Å². The second kappa shape index (κ2) is 14.3. The number of hydrogen-bond donors (Lipinski definition) is 0. The molecule has 208 valence electrons. The number of benzene rings is 5.